The van der Waals surface area contributed by atoms with Crippen molar-refractivity contribution in [2.24, 2.45) is 5.90 Å². The smallest absolute Gasteiger partial charge is 0.151 e. The van der Waals surface area contributed by atoms with Crippen LogP contribution in [0.3, 0.4) is 0 Å². The molecule has 7 nitrogen and oxygen atoms in total. The molecule has 0 spiro atoms. The predicted molar refractivity (Wildman–Crippen MR) is 40.2 cm³/mol. The number of aldehydes is 1. The number of hydrogen-bond donors (Lipinski definition) is 5. The van der Waals surface area contributed by atoms with Crippen LogP contribution in [0.1, 0.15) is 0 Å². The molecular weight excluding hydrogens is 182 g/mol. The normalized spacial score (nSPS) is 20.4. The fourth-order valence-electron chi connectivity index (χ4n) is 0.767. The van der Waals surface area contributed by atoms with E-state index in [9.17, 15) is 4.79 Å². The van der Waals surface area contributed by atoms with Crippen LogP contribution in [0.25, 0.3) is 0 Å². The van der Waals surface area contributed by atoms with E-state index in [-0.39, 0.29) is 6.29 Å². The molecular formula is C6H13NO6. The number of nitrogens with two attached hydrogens (primary N) is 1. The van der Waals surface area contributed by atoms with E-state index in [0.29, 0.717) is 0 Å². The lowest BCUT2D eigenvalue weighted by molar-refractivity contribution is -0.151. The number of hydrogen-bond acceptors (Lipinski definition) is 7. The maximum absolute atomic E-state index is 10.1. The molecule has 0 aromatic rings. The van der Waals surface area contributed by atoms with Crippen molar-refractivity contribution in [3.63, 3.8) is 0 Å². The Morgan fingerprint density at radius 2 is 1.92 bits per heavy atom. The van der Waals surface area contributed by atoms with Gasteiger partial charge < -0.3 is 25.2 Å². The molecule has 6 N–H and O–H groups in total. The Morgan fingerprint density at radius 1 is 1.38 bits per heavy atom. The van der Waals surface area contributed by atoms with Crippen molar-refractivity contribution in [2.75, 3.05) is 6.61 Å². The molecule has 0 amide bonds. The molecule has 7 heteroatoms. The Hall–Kier alpha value is -0.570. The fourth-order valence-corrected chi connectivity index (χ4v) is 0.767. The molecule has 0 saturated carbocycles. The minimum atomic E-state index is -1.65. The summed E-state index contributed by atoms with van der Waals surface area (Å²) in [6.07, 6.45) is -6.16. The lowest BCUT2D eigenvalue weighted by Crippen LogP contribution is -2.49. The second-order valence-corrected chi connectivity index (χ2v) is 2.47. The molecule has 0 aliphatic heterocycles. The summed E-state index contributed by atoms with van der Waals surface area (Å²) in [5.41, 5.74) is 0. The topological polar surface area (TPSA) is 133 Å². The van der Waals surface area contributed by atoms with Gasteiger partial charge in [-0.2, -0.15) is 0 Å². The predicted octanol–water partition coefficient (Wildman–Crippen LogP) is -3.48. The summed E-state index contributed by atoms with van der Waals surface area (Å²) in [5.74, 6) is 4.67. The van der Waals surface area contributed by atoms with Crippen LogP contribution < -0.4 is 5.90 Å². The number of carbonyl (C=O) groups is 1. The molecule has 0 rings (SSSR count). The molecule has 13 heavy (non-hydrogen) atoms. The van der Waals surface area contributed by atoms with Gasteiger partial charge in [-0.25, -0.2) is 5.90 Å². The maximum Gasteiger partial charge on any atom is 0.151 e. The average molecular weight is 195 g/mol. The van der Waals surface area contributed by atoms with Crippen LogP contribution in [0.4, 0.5) is 0 Å². The van der Waals surface area contributed by atoms with Crippen molar-refractivity contribution in [3.8, 4) is 0 Å². The van der Waals surface area contributed by atoms with Crippen LogP contribution in [-0.2, 0) is 9.63 Å². The Balaban J connectivity index is 4.29. The van der Waals surface area contributed by atoms with Gasteiger partial charge in [0.2, 0.25) is 0 Å². The molecule has 78 valence electrons. The van der Waals surface area contributed by atoms with E-state index in [0.717, 1.165) is 0 Å². The molecule has 0 heterocycles. The van der Waals surface area contributed by atoms with E-state index >= 15 is 0 Å². The zero-order chi connectivity index (χ0) is 10.4. The molecule has 0 fully saturated rings. The molecule has 0 aromatic heterocycles. The van der Waals surface area contributed by atoms with E-state index in [1.807, 2.05) is 0 Å². The van der Waals surface area contributed by atoms with Crippen LogP contribution in [0.2, 0.25) is 0 Å². The van der Waals surface area contributed by atoms with Gasteiger partial charge in [-0.1, -0.05) is 0 Å². The Morgan fingerprint density at radius 3 is 2.23 bits per heavy atom. The number of aliphatic hydroxyl groups is 4. The van der Waals surface area contributed by atoms with Crippen LogP contribution in [0.5, 0.6) is 0 Å². The van der Waals surface area contributed by atoms with E-state index in [1.165, 1.54) is 0 Å². The standard InChI is InChI=1S/C6H13NO6/c7-13-6(4(11)2-9)5(12)3(10)1-8/h2-6,8,10-12H,1,7H2/t3-,4-,5-,6-/m1/s1. The second-order valence-electron chi connectivity index (χ2n) is 2.47. The number of aliphatic hydroxyl groups excluding tert-OH is 4. The Bertz CT molecular complexity index is 154. The van der Waals surface area contributed by atoms with Crippen LogP contribution in [0.15, 0.2) is 0 Å². The third kappa shape index (κ3) is 3.35. The van der Waals surface area contributed by atoms with Crippen molar-refractivity contribution < 1.29 is 30.1 Å². The highest BCUT2D eigenvalue weighted by Crippen LogP contribution is 2.06. The number of rotatable bonds is 6. The average Bonchev–Trinajstić information content (AvgIpc) is 2.17. The summed E-state index contributed by atoms with van der Waals surface area (Å²) in [7, 11) is 0. The minimum Gasteiger partial charge on any atom is -0.394 e. The van der Waals surface area contributed by atoms with Gasteiger partial charge in [-0.05, 0) is 0 Å². The first kappa shape index (κ1) is 12.4. The lowest BCUT2D eigenvalue weighted by Gasteiger charge is -2.25. The second kappa shape index (κ2) is 5.97. The van der Waals surface area contributed by atoms with E-state index < -0.39 is 31.0 Å². The van der Waals surface area contributed by atoms with Gasteiger partial charge in [0.05, 0.1) is 6.61 Å². The van der Waals surface area contributed by atoms with Gasteiger partial charge in [0.15, 0.2) is 6.29 Å². The molecule has 0 unspecified atom stereocenters. The molecule has 0 saturated heterocycles. The first-order valence-corrected chi connectivity index (χ1v) is 3.54. The van der Waals surface area contributed by atoms with Crippen molar-refractivity contribution >= 4 is 6.29 Å². The van der Waals surface area contributed by atoms with E-state index in [2.05, 4.69) is 10.7 Å². The highest BCUT2D eigenvalue weighted by Gasteiger charge is 2.32. The van der Waals surface area contributed by atoms with Crippen LogP contribution in [0, 0.1) is 0 Å². The van der Waals surface area contributed by atoms with Gasteiger partial charge >= 0.3 is 0 Å². The zero-order valence-electron chi connectivity index (χ0n) is 6.78. The van der Waals surface area contributed by atoms with E-state index in [4.69, 9.17) is 20.4 Å². The summed E-state index contributed by atoms with van der Waals surface area (Å²) < 4.78 is 0. The van der Waals surface area contributed by atoms with Crippen molar-refractivity contribution in [1.29, 1.82) is 0 Å². The van der Waals surface area contributed by atoms with Gasteiger partial charge in [-0.15, -0.1) is 0 Å². The fraction of sp³-hybridized carbons (Fsp3) is 0.833. The summed E-state index contributed by atoms with van der Waals surface area (Å²) in [6.45, 7) is -0.730. The number of carbonyl (C=O) groups excluding carboxylic acids is 1. The van der Waals surface area contributed by atoms with Crippen molar-refractivity contribution in [3.05, 3.63) is 0 Å². The minimum absolute atomic E-state index is 0.102. The lowest BCUT2D eigenvalue weighted by atomic mass is 10.0. The highest BCUT2D eigenvalue weighted by molar-refractivity contribution is 5.56. The Labute approximate surface area is 74.3 Å². The molecule has 4 atom stereocenters. The summed E-state index contributed by atoms with van der Waals surface area (Å²) >= 11 is 0. The third-order valence-corrected chi connectivity index (χ3v) is 1.55. The molecule has 0 radical (unpaired) electrons. The van der Waals surface area contributed by atoms with Gasteiger partial charge in [0.25, 0.3) is 0 Å². The largest absolute Gasteiger partial charge is 0.394 e. The first-order chi connectivity index (χ1) is 6.08. The molecule has 0 aliphatic carbocycles. The third-order valence-electron chi connectivity index (χ3n) is 1.55. The molecule has 0 aromatic carbocycles. The maximum atomic E-state index is 10.1. The van der Waals surface area contributed by atoms with Crippen molar-refractivity contribution in [1.82, 2.24) is 0 Å². The Kier molecular flexibility index (Phi) is 5.71. The summed E-state index contributed by atoms with van der Waals surface area (Å²) in [4.78, 5) is 14.2. The quantitative estimate of drug-likeness (QED) is 0.219. The zero-order valence-corrected chi connectivity index (χ0v) is 6.78. The molecule has 0 aliphatic rings. The first-order valence-electron chi connectivity index (χ1n) is 3.54. The van der Waals surface area contributed by atoms with Gasteiger partial charge in [-0.3, -0.25) is 4.84 Å². The van der Waals surface area contributed by atoms with Gasteiger partial charge in [0, 0.05) is 0 Å². The molecule has 0 bridgehead atoms. The monoisotopic (exact) mass is 195 g/mol. The van der Waals surface area contributed by atoms with Crippen molar-refractivity contribution in [2.45, 2.75) is 24.4 Å². The van der Waals surface area contributed by atoms with Crippen LogP contribution >= 0.6 is 0 Å². The SMILES string of the molecule is NO[C@@H]([C@H](O)[C@H](O)CO)[C@H](O)C=O. The highest BCUT2D eigenvalue weighted by atomic mass is 16.6. The van der Waals surface area contributed by atoms with E-state index in [1.54, 1.807) is 0 Å². The van der Waals surface area contributed by atoms with Crippen LogP contribution in [-0.4, -0.2) is 57.7 Å². The summed E-state index contributed by atoms with van der Waals surface area (Å²) in [5, 5.41) is 35.4. The summed E-state index contributed by atoms with van der Waals surface area (Å²) in [6, 6.07) is 0. The van der Waals surface area contributed by atoms with Gasteiger partial charge in [0.1, 0.15) is 24.4 Å².